The van der Waals surface area contributed by atoms with Crippen molar-refractivity contribution in [1.82, 2.24) is 10.6 Å². The molecule has 1 aromatic carbocycles. The number of nitrogens with one attached hydrogen (secondary N) is 2. The van der Waals surface area contributed by atoms with Gasteiger partial charge in [-0.1, -0.05) is 32.9 Å². The van der Waals surface area contributed by atoms with Gasteiger partial charge in [-0.2, -0.15) is 0 Å². The van der Waals surface area contributed by atoms with Crippen LogP contribution in [0.4, 0.5) is 10.5 Å². The zero-order chi connectivity index (χ0) is 16.9. The van der Waals surface area contributed by atoms with Crippen LogP contribution in [0.15, 0.2) is 18.2 Å². The summed E-state index contributed by atoms with van der Waals surface area (Å²) in [4.78, 5) is 13.9. The second-order valence-electron chi connectivity index (χ2n) is 6.97. The third kappa shape index (κ3) is 5.56. The number of aliphatic hydroxyl groups is 1. The molecule has 0 aliphatic heterocycles. The van der Waals surface area contributed by atoms with Crippen LogP contribution >= 0.6 is 0 Å². The second kappa shape index (κ2) is 7.49. The standard InChI is InChI=1S/C17H29N3O2/c1-12-7-8-13(14(9-12)20(5)6)10-18-16(22)19-11-15(21)17(2,3)4/h7-9,15,21H,10-11H2,1-6H3,(H2,18,19,22). The largest absolute Gasteiger partial charge is 0.391 e. The molecule has 0 fully saturated rings. The Morgan fingerprint density at radius 1 is 1.27 bits per heavy atom. The summed E-state index contributed by atoms with van der Waals surface area (Å²) in [5.74, 6) is 0. The van der Waals surface area contributed by atoms with E-state index >= 15 is 0 Å². The van der Waals surface area contributed by atoms with Crippen LogP contribution in [-0.4, -0.2) is 37.9 Å². The van der Waals surface area contributed by atoms with Crippen molar-refractivity contribution in [3.8, 4) is 0 Å². The van der Waals surface area contributed by atoms with Crippen LogP contribution in [0.2, 0.25) is 0 Å². The van der Waals surface area contributed by atoms with E-state index in [1.165, 1.54) is 5.56 Å². The Balaban J connectivity index is 2.55. The van der Waals surface area contributed by atoms with Crippen LogP contribution in [0.25, 0.3) is 0 Å². The number of rotatable bonds is 5. The molecule has 0 radical (unpaired) electrons. The Bertz CT molecular complexity index is 507. The lowest BCUT2D eigenvalue weighted by atomic mass is 9.89. The molecule has 3 N–H and O–H groups in total. The van der Waals surface area contributed by atoms with E-state index < -0.39 is 6.10 Å². The van der Waals surface area contributed by atoms with Crippen molar-refractivity contribution in [3.63, 3.8) is 0 Å². The van der Waals surface area contributed by atoms with Gasteiger partial charge in [0.2, 0.25) is 0 Å². The number of amides is 2. The quantitative estimate of drug-likeness (QED) is 0.782. The maximum atomic E-state index is 11.8. The van der Waals surface area contributed by atoms with E-state index in [2.05, 4.69) is 16.7 Å². The molecule has 2 amide bonds. The zero-order valence-electron chi connectivity index (χ0n) is 14.5. The molecule has 0 bridgehead atoms. The molecule has 0 aliphatic carbocycles. The Morgan fingerprint density at radius 2 is 1.91 bits per heavy atom. The number of aliphatic hydroxyl groups excluding tert-OH is 1. The summed E-state index contributed by atoms with van der Waals surface area (Å²) in [5, 5.41) is 15.5. The average molecular weight is 307 g/mol. The molecule has 1 unspecified atom stereocenters. The summed E-state index contributed by atoms with van der Waals surface area (Å²) in [6, 6.07) is 5.88. The predicted octanol–water partition coefficient (Wildman–Crippen LogP) is 2.27. The van der Waals surface area contributed by atoms with Crippen LogP contribution in [-0.2, 0) is 6.54 Å². The topological polar surface area (TPSA) is 64.6 Å². The highest BCUT2D eigenvalue weighted by molar-refractivity contribution is 5.74. The van der Waals surface area contributed by atoms with Gasteiger partial charge in [0.1, 0.15) is 0 Å². The lowest BCUT2D eigenvalue weighted by Gasteiger charge is -2.26. The summed E-state index contributed by atoms with van der Waals surface area (Å²) >= 11 is 0. The third-order valence-electron chi connectivity index (χ3n) is 3.62. The fourth-order valence-electron chi connectivity index (χ4n) is 1.97. The number of carbonyl (C=O) groups is 1. The van der Waals surface area contributed by atoms with Gasteiger partial charge in [-0.15, -0.1) is 0 Å². The summed E-state index contributed by atoms with van der Waals surface area (Å²) in [7, 11) is 3.97. The molecule has 1 aromatic rings. The number of anilines is 1. The molecule has 1 rings (SSSR count). The Hall–Kier alpha value is -1.75. The first kappa shape index (κ1) is 18.3. The van der Waals surface area contributed by atoms with Crippen molar-refractivity contribution in [3.05, 3.63) is 29.3 Å². The Morgan fingerprint density at radius 3 is 2.45 bits per heavy atom. The first-order valence-corrected chi connectivity index (χ1v) is 7.58. The van der Waals surface area contributed by atoms with Crippen LogP contribution in [0.5, 0.6) is 0 Å². The molecule has 0 aromatic heterocycles. The fraction of sp³-hybridized carbons (Fsp3) is 0.588. The van der Waals surface area contributed by atoms with Gasteiger partial charge >= 0.3 is 6.03 Å². The van der Waals surface area contributed by atoms with Crippen LogP contribution in [0.1, 0.15) is 31.9 Å². The van der Waals surface area contributed by atoms with Gasteiger partial charge in [0.15, 0.2) is 0 Å². The number of nitrogens with zero attached hydrogens (tertiary/aromatic N) is 1. The molecule has 0 saturated heterocycles. The molecule has 0 aliphatic rings. The van der Waals surface area contributed by atoms with Crippen molar-refractivity contribution in [2.75, 3.05) is 25.5 Å². The van der Waals surface area contributed by atoms with Crippen molar-refractivity contribution < 1.29 is 9.90 Å². The van der Waals surface area contributed by atoms with Crippen molar-refractivity contribution >= 4 is 11.7 Å². The fourth-order valence-corrected chi connectivity index (χ4v) is 1.97. The van der Waals surface area contributed by atoms with E-state index in [0.717, 1.165) is 11.3 Å². The van der Waals surface area contributed by atoms with Gasteiger partial charge in [-0.25, -0.2) is 4.79 Å². The maximum Gasteiger partial charge on any atom is 0.315 e. The highest BCUT2D eigenvalue weighted by atomic mass is 16.3. The lowest BCUT2D eigenvalue weighted by molar-refractivity contribution is 0.0650. The van der Waals surface area contributed by atoms with Gasteiger partial charge in [-0.05, 0) is 29.5 Å². The minimum Gasteiger partial charge on any atom is -0.391 e. The molecule has 1 atom stereocenters. The number of benzene rings is 1. The number of aryl methyl sites for hydroxylation is 1. The minimum atomic E-state index is -0.574. The number of carbonyl (C=O) groups excluding carboxylic acids is 1. The molecule has 5 heteroatoms. The molecule has 0 spiro atoms. The summed E-state index contributed by atoms with van der Waals surface area (Å²) in [6.45, 7) is 8.55. The molecule has 0 heterocycles. The van der Waals surface area contributed by atoms with Gasteiger partial charge in [0.25, 0.3) is 0 Å². The normalized spacial score (nSPS) is 12.7. The monoisotopic (exact) mass is 307 g/mol. The van der Waals surface area contributed by atoms with E-state index in [4.69, 9.17) is 0 Å². The highest BCUT2D eigenvalue weighted by Crippen LogP contribution is 2.20. The maximum absolute atomic E-state index is 11.8. The lowest BCUT2D eigenvalue weighted by Crippen LogP contribution is -2.43. The van der Waals surface area contributed by atoms with Crippen molar-refractivity contribution in [1.29, 1.82) is 0 Å². The first-order chi connectivity index (χ1) is 10.1. The van der Waals surface area contributed by atoms with E-state index in [0.29, 0.717) is 6.54 Å². The SMILES string of the molecule is Cc1ccc(CNC(=O)NCC(O)C(C)(C)C)c(N(C)C)c1. The van der Waals surface area contributed by atoms with Gasteiger partial charge in [-0.3, -0.25) is 0 Å². The van der Waals surface area contributed by atoms with Gasteiger partial charge in [0.05, 0.1) is 6.10 Å². The van der Waals surface area contributed by atoms with Gasteiger partial charge in [0, 0.05) is 32.9 Å². The van der Waals surface area contributed by atoms with E-state index in [1.807, 2.05) is 58.8 Å². The van der Waals surface area contributed by atoms with Crippen molar-refractivity contribution in [2.24, 2.45) is 5.41 Å². The van der Waals surface area contributed by atoms with Crippen LogP contribution in [0.3, 0.4) is 0 Å². The van der Waals surface area contributed by atoms with Gasteiger partial charge < -0.3 is 20.6 Å². The van der Waals surface area contributed by atoms with Crippen LogP contribution in [0, 0.1) is 12.3 Å². The third-order valence-corrected chi connectivity index (χ3v) is 3.62. The Labute approximate surface area is 133 Å². The second-order valence-corrected chi connectivity index (χ2v) is 6.97. The average Bonchev–Trinajstić information content (AvgIpc) is 2.42. The minimum absolute atomic E-state index is 0.240. The van der Waals surface area contributed by atoms with E-state index in [1.54, 1.807) is 0 Å². The Kier molecular flexibility index (Phi) is 6.23. The zero-order valence-corrected chi connectivity index (χ0v) is 14.5. The smallest absolute Gasteiger partial charge is 0.315 e. The predicted molar refractivity (Wildman–Crippen MR) is 91.2 cm³/mol. The summed E-state index contributed by atoms with van der Waals surface area (Å²) in [5.41, 5.74) is 3.09. The molecule has 22 heavy (non-hydrogen) atoms. The summed E-state index contributed by atoms with van der Waals surface area (Å²) < 4.78 is 0. The molecular formula is C17H29N3O2. The van der Waals surface area contributed by atoms with Crippen molar-refractivity contribution in [2.45, 2.75) is 40.3 Å². The molecule has 5 nitrogen and oxygen atoms in total. The molecule has 124 valence electrons. The first-order valence-electron chi connectivity index (χ1n) is 7.58. The number of hydrogen-bond donors (Lipinski definition) is 3. The number of hydrogen-bond acceptors (Lipinski definition) is 3. The molecule has 0 saturated carbocycles. The molecular weight excluding hydrogens is 278 g/mol. The number of urea groups is 1. The highest BCUT2D eigenvalue weighted by Gasteiger charge is 2.22. The summed E-state index contributed by atoms with van der Waals surface area (Å²) in [6.07, 6.45) is -0.574. The van der Waals surface area contributed by atoms with E-state index in [9.17, 15) is 9.90 Å². The van der Waals surface area contributed by atoms with Crippen LogP contribution < -0.4 is 15.5 Å². The van der Waals surface area contributed by atoms with E-state index in [-0.39, 0.29) is 18.0 Å².